The number of rotatable bonds is 46. The molecule has 0 aliphatic carbocycles. The van der Waals surface area contributed by atoms with Crippen LogP contribution in [0.3, 0.4) is 0 Å². The Hall–Kier alpha value is -2.63. The number of allylic oxidation sites excluding steroid dienone is 8. The number of unbranched alkanes of at least 4 members (excludes halogenated alkanes) is 27. The number of hydrogen-bond donors (Lipinski definition) is 0. The molecule has 0 N–H and O–H groups in total. The van der Waals surface area contributed by atoms with Crippen LogP contribution in [-0.4, -0.2) is 37.2 Å². The van der Waals surface area contributed by atoms with Gasteiger partial charge in [0.05, 0.1) is 0 Å². The molecule has 0 aliphatic heterocycles. The van der Waals surface area contributed by atoms with Crippen molar-refractivity contribution in [3.05, 3.63) is 48.6 Å². The standard InChI is InChI=1S/C54H96O6/c1-4-7-10-13-16-19-22-24-26-27-28-30-32-35-38-41-44-47-53(56)59-50-51(49-58-52(55)46-43-40-37-34-31-21-18-15-12-9-6-3)60-54(57)48-45-42-39-36-33-29-25-23-20-17-14-11-8-5-2/h15,18,24,26,28,30,35,38,51H,4-14,16-17,19-23,25,27,29,31-34,36-37,39-50H2,1-3H3/b18-15-,26-24-,30-28-,38-35-. The van der Waals surface area contributed by atoms with Crippen molar-refractivity contribution in [2.45, 2.75) is 264 Å². The molecule has 1 atom stereocenters. The van der Waals surface area contributed by atoms with E-state index < -0.39 is 6.10 Å². The minimum atomic E-state index is -0.792. The molecule has 1 unspecified atom stereocenters. The van der Waals surface area contributed by atoms with Crippen LogP contribution in [-0.2, 0) is 28.6 Å². The summed E-state index contributed by atoms with van der Waals surface area (Å²) >= 11 is 0. The molecule has 6 nitrogen and oxygen atoms in total. The zero-order chi connectivity index (χ0) is 43.7. The quantitative estimate of drug-likeness (QED) is 0.0263. The van der Waals surface area contributed by atoms with Gasteiger partial charge in [0, 0.05) is 19.3 Å². The van der Waals surface area contributed by atoms with Crippen molar-refractivity contribution in [1.29, 1.82) is 0 Å². The van der Waals surface area contributed by atoms with E-state index in [0.717, 1.165) is 64.2 Å². The second-order valence-corrected chi connectivity index (χ2v) is 17.1. The van der Waals surface area contributed by atoms with Crippen molar-refractivity contribution in [3.8, 4) is 0 Å². The van der Waals surface area contributed by atoms with E-state index in [0.29, 0.717) is 19.3 Å². The topological polar surface area (TPSA) is 78.9 Å². The minimum Gasteiger partial charge on any atom is -0.462 e. The first-order valence-electron chi connectivity index (χ1n) is 25.6. The zero-order valence-corrected chi connectivity index (χ0v) is 39.7. The van der Waals surface area contributed by atoms with Gasteiger partial charge in [-0.2, -0.15) is 0 Å². The normalized spacial score (nSPS) is 12.4. The molecular weight excluding hydrogens is 745 g/mol. The number of carbonyl (C=O) groups excluding carboxylic acids is 3. The smallest absolute Gasteiger partial charge is 0.306 e. The van der Waals surface area contributed by atoms with Crippen LogP contribution in [0, 0.1) is 0 Å². The fourth-order valence-corrected chi connectivity index (χ4v) is 7.15. The largest absolute Gasteiger partial charge is 0.462 e. The van der Waals surface area contributed by atoms with Gasteiger partial charge in [-0.15, -0.1) is 0 Å². The molecule has 0 amide bonds. The van der Waals surface area contributed by atoms with E-state index >= 15 is 0 Å². The van der Waals surface area contributed by atoms with Gasteiger partial charge < -0.3 is 14.2 Å². The number of ether oxygens (including phenoxy) is 3. The summed E-state index contributed by atoms with van der Waals surface area (Å²) in [4.78, 5) is 37.9. The molecule has 348 valence electrons. The van der Waals surface area contributed by atoms with Crippen molar-refractivity contribution in [2.75, 3.05) is 13.2 Å². The second-order valence-electron chi connectivity index (χ2n) is 17.1. The monoisotopic (exact) mass is 841 g/mol. The number of hydrogen-bond acceptors (Lipinski definition) is 6. The van der Waals surface area contributed by atoms with Gasteiger partial charge in [-0.1, -0.05) is 217 Å². The van der Waals surface area contributed by atoms with E-state index in [1.807, 2.05) is 0 Å². The van der Waals surface area contributed by atoms with Crippen molar-refractivity contribution >= 4 is 17.9 Å². The summed E-state index contributed by atoms with van der Waals surface area (Å²) in [5.74, 6) is -0.948. The highest BCUT2D eigenvalue weighted by Crippen LogP contribution is 2.15. The predicted molar refractivity (Wildman–Crippen MR) is 256 cm³/mol. The maximum absolute atomic E-state index is 12.8. The van der Waals surface area contributed by atoms with Crippen LogP contribution in [0.25, 0.3) is 0 Å². The zero-order valence-electron chi connectivity index (χ0n) is 39.7. The fourth-order valence-electron chi connectivity index (χ4n) is 7.15. The summed E-state index contributed by atoms with van der Waals surface area (Å²) in [5, 5.41) is 0. The fraction of sp³-hybridized carbons (Fsp3) is 0.796. The van der Waals surface area contributed by atoms with Crippen molar-refractivity contribution in [1.82, 2.24) is 0 Å². The van der Waals surface area contributed by atoms with Gasteiger partial charge in [0.15, 0.2) is 6.10 Å². The summed E-state index contributed by atoms with van der Waals surface area (Å²) in [6, 6.07) is 0. The summed E-state index contributed by atoms with van der Waals surface area (Å²) in [7, 11) is 0. The Kier molecular flexibility index (Phi) is 46.9. The van der Waals surface area contributed by atoms with Crippen LogP contribution in [0.15, 0.2) is 48.6 Å². The molecule has 0 aromatic rings. The van der Waals surface area contributed by atoms with Crippen LogP contribution in [0.4, 0.5) is 0 Å². The molecule has 6 heteroatoms. The van der Waals surface area contributed by atoms with Gasteiger partial charge in [0.25, 0.3) is 0 Å². The third-order valence-corrected chi connectivity index (χ3v) is 11.1. The Morgan fingerprint density at radius 3 is 1.07 bits per heavy atom. The molecule has 0 saturated heterocycles. The average molecular weight is 841 g/mol. The molecule has 60 heavy (non-hydrogen) atoms. The van der Waals surface area contributed by atoms with E-state index in [-0.39, 0.29) is 37.5 Å². The average Bonchev–Trinajstić information content (AvgIpc) is 3.24. The van der Waals surface area contributed by atoms with E-state index in [1.165, 1.54) is 148 Å². The molecule has 0 saturated carbocycles. The SMILES string of the molecule is CCCC/C=C\CCCCCCCC(=O)OCC(COC(=O)CCC/C=C\C/C=C\C/C=C\CCCCCCCC)OC(=O)CCCCCCCCCCCCCCCC. The molecule has 0 spiro atoms. The molecule has 0 fully saturated rings. The van der Waals surface area contributed by atoms with Crippen LogP contribution < -0.4 is 0 Å². The second kappa shape index (κ2) is 49.0. The van der Waals surface area contributed by atoms with Gasteiger partial charge in [0.2, 0.25) is 0 Å². The molecule has 0 aliphatic rings. The van der Waals surface area contributed by atoms with Crippen LogP contribution >= 0.6 is 0 Å². The van der Waals surface area contributed by atoms with E-state index in [1.54, 1.807) is 0 Å². The van der Waals surface area contributed by atoms with Crippen molar-refractivity contribution < 1.29 is 28.6 Å². The van der Waals surface area contributed by atoms with Gasteiger partial charge in [0.1, 0.15) is 13.2 Å². The Labute approximate surface area is 371 Å². The Bertz CT molecular complexity index is 1060. The molecule has 0 radical (unpaired) electrons. The summed E-state index contributed by atoms with van der Waals surface area (Å²) < 4.78 is 16.7. The molecule has 0 bridgehead atoms. The maximum Gasteiger partial charge on any atom is 0.306 e. The molecule has 0 rings (SSSR count). The van der Waals surface area contributed by atoms with E-state index in [9.17, 15) is 14.4 Å². The first-order valence-corrected chi connectivity index (χ1v) is 25.6. The minimum absolute atomic E-state index is 0.0911. The Morgan fingerprint density at radius 1 is 0.333 bits per heavy atom. The van der Waals surface area contributed by atoms with Gasteiger partial charge >= 0.3 is 17.9 Å². The highest BCUT2D eigenvalue weighted by atomic mass is 16.6. The summed E-state index contributed by atoms with van der Waals surface area (Å²) in [5.41, 5.74) is 0. The Morgan fingerprint density at radius 2 is 0.633 bits per heavy atom. The Balaban J connectivity index is 4.43. The predicted octanol–water partition coefficient (Wildman–Crippen LogP) is 16.7. The number of carbonyl (C=O) groups is 3. The van der Waals surface area contributed by atoms with Crippen LogP contribution in [0.2, 0.25) is 0 Å². The third-order valence-electron chi connectivity index (χ3n) is 11.1. The first kappa shape index (κ1) is 57.4. The molecule has 0 heterocycles. The van der Waals surface area contributed by atoms with Crippen LogP contribution in [0.5, 0.6) is 0 Å². The van der Waals surface area contributed by atoms with Crippen LogP contribution in [0.1, 0.15) is 258 Å². The van der Waals surface area contributed by atoms with Crippen molar-refractivity contribution in [2.24, 2.45) is 0 Å². The lowest BCUT2D eigenvalue weighted by molar-refractivity contribution is -0.167. The van der Waals surface area contributed by atoms with Gasteiger partial charge in [-0.05, 0) is 70.6 Å². The summed E-state index contributed by atoms with van der Waals surface area (Å²) in [6.45, 7) is 6.55. The molecular formula is C54H96O6. The lowest BCUT2D eigenvalue weighted by atomic mass is 10.0. The van der Waals surface area contributed by atoms with Gasteiger partial charge in [-0.25, -0.2) is 0 Å². The van der Waals surface area contributed by atoms with Gasteiger partial charge in [-0.3, -0.25) is 14.4 Å². The highest BCUT2D eigenvalue weighted by molar-refractivity contribution is 5.71. The molecule has 0 aromatic heterocycles. The van der Waals surface area contributed by atoms with Crippen molar-refractivity contribution in [3.63, 3.8) is 0 Å². The maximum atomic E-state index is 12.8. The van der Waals surface area contributed by atoms with E-state index in [2.05, 4.69) is 69.4 Å². The number of esters is 3. The lowest BCUT2D eigenvalue weighted by Gasteiger charge is -2.18. The lowest BCUT2D eigenvalue weighted by Crippen LogP contribution is -2.30. The van der Waals surface area contributed by atoms with E-state index in [4.69, 9.17) is 14.2 Å². The highest BCUT2D eigenvalue weighted by Gasteiger charge is 2.19. The summed E-state index contributed by atoms with van der Waals surface area (Å²) in [6.07, 6.45) is 58.1. The molecule has 0 aromatic carbocycles. The first-order chi connectivity index (χ1) is 29.5. The third kappa shape index (κ3) is 46.4.